The second-order valence-corrected chi connectivity index (χ2v) is 4.29. The van der Waals surface area contributed by atoms with E-state index in [0.717, 1.165) is 11.4 Å². The highest BCUT2D eigenvalue weighted by Crippen LogP contribution is 2.26. The monoisotopic (exact) mass is 223 g/mol. The van der Waals surface area contributed by atoms with Crippen LogP contribution in [0.5, 0.6) is 5.75 Å². The highest BCUT2D eigenvalue weighted by atomic mass is 32.1. The van der Waals surface area contributed by atoms with Crippen LogP contribution >= 0.6 is 12.6 Å². The van der Waals surface area contributed by atoms with Gasteiger partial charge < -0.3 is 9.64 Å². The lowest BCUT2D eigenvalue weighted by Crippen LogP contribution is -2.24. The Balaban J connectivity index is 2.25. The largest absolute Gasteiger partial charge is 0.497 e. The van der Waals surface area contributed by atoms with Crippen LogP contribution in [0, 0.1) is 0 Å². The Morgan fingerprint density at radius 1 is 1.53 bits per heavy atom. The Morgan fingerprint density at radius 2 is 2.33 bits per heavy atom. The molecule has 1 heterocycles. The van der Waals surface area contributed by atoms with E-state index in [2.05, 4.69) is 12.6 Å². The Bertz CT molecular complexity index is 381. The fourth-order valence-corrected chi connectivity index (χ4v) is 2.04. The van der Waals surface area contributed by atoms with Gasteiger partial charge in [0.15, 0.2) is 0 Å². The first kappa shape index (κ1) is 10.4. The van der Waals surface area contributed by atoms with E-state index >= 15 is 0 Å². The zero-order valence-electron chi connectivity index (χ0n) is 8.51. The normalized spacial score (nSPS) is 20.8. The van der Waals surface area contributed by atoms with Crippen LogP contribution in [0.25, 0.3) is 0 Å². The highest BCUT2D eigenvalue weighted by Gasteiger charge is 2.28. The van der Waals surface area contributed by atoms with Crippen molar-refractivity contribution in [1.29, 1.82) is 0 Å². The maximum atomic E-state index is 11.6. The highest BCUT2D eigenvalue weighted by molar-refractivity contribution is 7.81. The molecule has 4 heteroatoms. The van der Waals surface area contributed by atoms with Gasteiger partial charge in [0.25, 0.3) is 0 Å². The molecule has 0 aliphatic carbocycles. The predicted molar refractivity (Wildman–Crippen MR) is 62.7 cm³/mol. The fraction of sp³-hybridized carbons (Fsp3) is 0.364. The molecule has 80 valence electrons. The van der Waals surface area contributed by atoms with Gasteiger partial charge in [0.05, 0.1) is 7.11 Å². The summed E-state index contributed by atoms with van der Waals surface area (Å²) in [4.78, 5) is 13.4. The molecule has 0 aromatic heterocycles. The number of amides is 1. The van der Waals surface area contributed by atoms with Crippen molar-refractivity contribution in [1.82, 2.24) is 0 Å². The van der Waals surface area contributed by atoms with E-state index in [0.29, 0.717) is 13.0 Å². The summed E-state index contributed by atoms with van der Waals surface area (Å²) in [6, 6.07) is 7.52. The number of rotatable bonds is 2. The molecule has 1 aromatic carbocycles. The van der Waals surface area contributed by atoms with E-state index < -0.39 is 0 Å². The van der Waals surface area contributed by atoms with Crippen molar-refractivity contribution >= 4 is 24.2 Å². The minimum atomic E-state index is 0.128. The van der Waals surface area contributed by atoms with Gasteiger partial charge in [0.1, 0.15) is 5.75 Å². The number of hydrogen-bond acceptors (Lipinski definition) is 3. The molecule has 3 nitrogen and oxygen atoms in total. The summed E-state index contributed by atoms with van der Waals surface area (Å²) in [5.41, 5.74) is 0.885. The number of anilines is 1. The molecule has 0 bridgehead atoms. The van der Waals surface area contributed by atoms with Gasteiger partial charge >= 0.3 is 0 Å². The lowest BCUT2D eigenvalue weighted by atomic mass is 10.3. The third kappa shape index (κ3) is 2.09. The third-order valence-electron chi connectivity index (χ3n) is 2.47. The Labute approximate surface area is 94.4 Å². The maximum absolute atomic E-state index is 11.6. The minimum absolute atomic E-state index is 0.128. The quantitative estimate of drug-likeness (QED) is 0.774. The van der Waals surface area contributed by atoms with Crippen LogP contribution in [0.1, 0.15) is 6.42 Å². The lowest BCUT2D eigenvalue weighted by molar-refractivity contribution is -0.117. The number of thiol groups is 1. The summed E-state index contributed by atoms with van der Waals surface area (Å²) in [5, 5.41) is 0.142. The van der Waals surface area contributed by atoms with Crippen molar-refractivity contribution in [3.05, 3.63) is 24.3 Å². The van der Waals surface area contributed by atoms with Crippen LogP contribution in [0.3, 0.4) is 0 Å². The van der Waals surface area contributed by atoms with Crippen molar-refractivity contribution in [2.75, 3.05) is 18.6 Å². The number of carbonyl (C=O) groups is 1. The van der Waals surface area contributed by atoms with Crippen LogP contribution < -0.4 is 9.64 Å². The van der Waals surface area contributed by atoms with Gasteiger partial charge in [-0.1, -0.05) is 6.07 Å². The molecule has 1 aromatic rings. The number of ether oxygens (including phenoxy) is 1. The summed E-state index contributed by atoms with van der Waals surface area (Å²) in [6.45, 7) is 0.676. The van der Waals surface area contributed by atoms with E-state index in [1.807, 2.05) is 24.3 Å². The second-order valence-electron chi connectivity index (χ2n) is 3.56. The van der Waals surface area contributed by atoms with Crippen LogP contribution in [-0.2, 0) is 4.79 Å². The van der Waals surface area contributed by atoms with Gasteiger partial charge in [0.2, 0.25) is 5.91 Å². The molecule has 1 fully saturated rings. The Morgan fingerprint density at radius 3 is 2.93 bits per heavy atom. The molecule has 1 saturated heterocycles. The number of carbonyl (C=O) groups excluding carboxylic acids is 1. The molecule has 0 spiro atoms. The smallest absolute Gasteiger partial charge is 0.228 e. The SMILES string of the molecule is COc1cccc(N2CC(S)CC2=O)c1. The standard InChI is InChI=1S/C11H13NO2S/c1-14-9-4-2-3-8(5-9)12-7-10(15)6-11(12)13/h2-5,10,15H,6-7H2,1H3. The molecular formula is C11H13NO2S. The third-order valence-corrected chi connectivity index (χ3v) is 2.82. The first-order valence-electron chi connectivity index (χ1n) is 4.83. The molecule has 0 N–H and O–H groups in total. The first-order chi connectivity index (χ1) is 7.20. The van der Waals surface area contributed by atoms with Crippen LogP contribution in [0.4, 0.5) is 5.69 Å². The van der Waals surface area contributed by atoms with Crippen molar-refractivity contribution in [2.45, 2.75) is 11.7 Å². The van der Waals surface area contributed by atoms with E-state index in [1.165, 1.54) is 0 Å². The van der Waals surface area contributed by atoms with E-state index in [-0.39, 0.29) is 11.2 Å². The predicted octanol–water partition coefficient (Wildman–Crippen LogP) is 1.73. The average Bonchev–Trinajstić information content (AvgIpc) is 2.58. The van der Waals surface area contributed by atoms with Gasteiger partial charge in [-0.3, -0.25) is 4.79 Å². The van der Waals surface area contributed by atoms with Gasteiger partial charge in [-0.05, 0) is 12.1 Å². The molecule has 1 aliphatic heterocycles. The van der Waals surface area contributed by atoms with Gasteiger partial charge in [0, 0.05) is 30.0 Å². The Kier molecular flexibility index (Phi) is 2.86. The van der Waals surface area contributed by atoms with Crippen LogP contribution in [0.2, 0.25) is 0 Å². The summed E-state index contributed by atoms with van der Waals surface area (Å²) in [7, 11) is 1.62. The summed E-state index contributed by atoms with van der Waals surface area (Å²) >= 11 is 4.32. The van der Waals surface area contributed by atoms with Crippen molar-refractivity contribution < 1.29 is 9.53 Å². The van der Waals surface area contributed by atoms with Crippen molar-refractivity contribution in [2.24, 2.45) is 0 Å². The first-order valence-corrected chi connectivity index (χ1v) is 5.35. The average molecular weight is 223 g/mol. The van der Waals surface area contributed by atoms with E-state index in [4.69, 9.17) is 4.74 Å². The fourth-order valence-electron chi connectivity index (χ4n) is 1.72. The molecule has 1 aliphatic rings. The van der Waals surface area contributed by atoms with Gasteiger partial charge in [-0.15, -0.1) is 0 Å². The second kappa shape index (κ2) is 4.14. The summed E-state index contributed by atoms with van der Waals surface area (Å²) in [6.07, 6.45) is 0.514. The molecule has 15 heavy (non-hydrogen) atoms. The minimum Gasteiger partial charge on any atom is -0.497 e. The van der Waals surface area contributed by atoms with E-state index in [1.54, 1.807) is 12.0 Å². The molecule has 2 rings (SSSR count). The van der Waals surface area contributed by atoms with Crippen molar-refractivity contribution in [3.63, 3.8) is 0 Å². The zero-order chi connectivity index (χ0) is 10.8. The zero-order valence-corrected chi connectivity index (χ0v) is 9.41. The topological polar surface area (TPSA) is 29.5 Å². The Hall–Kier alpha value is -1.16. The lowest BCUT2D eigenvalue weighted by Gasteiger charge is -2.16. The van der Waals surface area contributed by atoms with Crippen LogP contribution in [0.15, 0.2) is 24.3 Å². The van der Waals surface area contributed by atoms with Crippen LogP contribution in [-0.4, -0.2) is 24.8 Å². The number of hydrogen-bond donors (Lipinski definition) is 1. The molecule has 1 amide bonds. The number of nitrogens with zero attached hydrogens (tertiary/aromatic N) is 1. The maximum Gasteiger partial charge on any atom is 0.228 e. The number of benzene rings is 1. The molecule has 0 radical (unpaired) electrons. The van der Waals surface area contributed by atoms with Crippen molar-refractivity contribution in [3.8, 4) is 5.75 Å². The number of methoxy groups -OCH3 is 1. The van der Waals surface area contributed by atoms with E-state index in [9.17, 15) is 4.79 Å². The summed E-state index contributed by atoms with van der Waals surface area (Å²) < 4.78 is 5.12. The van der Waals surface area contributed by atoms with Gasteiger partial charge in [-0.2, -0.15) is 12.6 Å². The molecule has 1 unspecified atom stereocenters. The molecular weight excluding hydrogens is 210 g/mol. The summed E-state index contributed by atoms with van der Waals surface area (Å²) in [5.74, 6) is 0.895. The molecule has 0 saturated carbocycles. The molecule has 1 atom stereocenters. The van der Waals surface area contributed by atoms with Gasteiger partial charge in [-0.25, -0.2) is 0 Å².